The van der Waals surface area contributed by atoms with Gasteiger partial charge in [0.25, 0.3) is 0 Å². The smallest absolute Gasteiger partial charge is 0.407 e. The van der Waals surface area contributed by atoms with Gasteiger partial charge >= 0.3 is 18.0 Å². The Morgan fingerprint density at radius 1 is 0.814 bits per heavy atom. The number of aromatic nitrogens is 3. The zero-order valence-corrected chi connectivity index (χ0v) is 43.2. The van der Waals surface area contributed by atoms with Gasteiger partial charge in [0.15, 0.2) is 5.69 Å². The van der Waals surface area contributed by atoms with Gasteiger partial charge in [-0.05, 0) is 157 Å². The van der Waals surface area contributed by atoms with E-state index in [0.29, 0.717) is 62.8 Å². The lowest BCUT2D eigenvalue weighted by Crippen LogP contribution is -2.64. The number of pyridine rings is 1. The van der Waals surface area contributed by atoms with Gasteiger partial charge in [0, 0.05) is 62.3 Å². The number of hydrogen-bond acceptors (Lipinski definition) is 12. The summed E-state index contributed by atoms with van der Waals surface area (Å²) < 4.78 is 31.9. The van der Waals surface area contributed by atoms with Crippen LogP contribution in [0.1, 0.15) is 144 Å². The van der Waals surface area contributed by atoms with Gasteiger partial charge in [-0.15, -0.1) is 0 Å². The van der Waals surface area contributed by atoms with E-state index >= 15 is 0 Å². The molecule has 6 aliphatic rings. The molecule has 10 rings (SSSR count). The lowest BCUT2D eigenvalue weighted by Gasteiger charge is -2.69. The Labute approximate surface area is 414 Å². The summed E-state index contributed by atoms with van der Waals surface area (Å²) in [5, 5.41) is 8.07. The van der Waals surface area contributed by atoms with Crippen LogP contribution in [0, 0.1) is 23.2 Å². The molecule has 376 valence electrons. The third kappa shape index (κ3) is 10.7. The maximum Gasteiger partial charge on any atom is 0.407 e. The summed E-state index contributed by atoms with van der Waals surface area (Å²) in [5.74, 6) is -0.314. The van der Waals surface area contributed by atoms with E-state index < -0.39 is 29.2 Å². The standard InChI is InChI=1S/C56H74N6O8/c1-37-44(26-57-62(37)36-55-31-53(8)30-54(9,32-55)34-56(33-53,35-55)68-23-22-66-10)42-16-17-46(59-47(42)49(64)69-51(2,3)4)61-20-18-39-24-41(60-21-19-40(27-60)58-50(65)70-52(5,6)7)25-43(45(39)28-61)48(63)67-29-38-14-12-11-13-15-38/h11-17,24-26,40H,18-23,27-36H2,1-10H3,(H,58,65). The highest BCUT2D eigenvalue weighted by molar-refractivity contribution is 5.96. The van der Waals surface area contributed by atoms with Crippen molar-refractivity contribution in [1.82, 2.24) is 20.1 Å². The predicted molar refractivity (Wildman–Crippen MR) is 269 cm³/mol. The lowest BCUT2D eigenvalue weighted by atomic mass is 9.39. The molecule has 1 amide bonds. The van der Waals surface area contributed by atoms with Crippen LogP contribution in [-0.4, -0.2) is 95.6 Å². The predicted octanol–water partition coefficient (Wildman–Crippen LogP) is 10.0. The van der Waals surface area contributed by atoms with Crippen LogP contribution in [0.3, 0.4) is 0 Å². The minimum atomic E-state index is -0.755. The van der Waals surface area contributed by atoms with E-state index in [4.69, 9.17) is 33.8 Å². The number of alkyl carbamates (subject to hydrolysis) is 1. The summed E-state index contributed by atoms with van der Waals surface area (Å²) in [6, 6.07) is 17.6. The van der Waals surface area contributed by atoms with Crippen molar-refractivity contribution in [3.8, 4) is 11.1 Å². The summed E-state index contributed by atoms with van der Waals surface area (Å²) in [7, 11) is 1.73. The van der Waals surface area contributed by atoms with Gasteiger partial charge in [-0.25, -0.2) is 19.4 Å². The van der Waals surface area contributed by atoms with Crippen molar-refractivity contribution in [3.05, 3.63) is 94.4 Å². The van der Waals surface area contributed by atoms with Crippen LogP contribution in [0.5, 0.6) is 0 Å². The molecule has 4 aromatic rings. The number of benzene rings is 2. The Morgan fingerprint density at radius 3 is 2.24 bits per heavy atom. The Hall–Kier alpha value is -5.47. The van der Waals surface area contributed by atoms with Gasteiger partial charge in [-0.1, -0.05) is 44.2 Å². The number of ether oxygens (including phenoxy) is 5. The summed E-state index contributed by atoms with van der Waals surface area (Å²) in [6.45, 7) is 22.5. The summed E-state index contributed by atoms with van der Waals surface area (Å²) in [4.78, 5) is 50.7. The first kappa shape index (κ1) is 49.5. The highest BCUT2D eigenvalue weighted by Crippen LogP contribution is 2.72. The molecule has 1 saturated heterocycles. The van der Waals surface area contributed by atoms with E-state index in [-0.39, 0.29) is 40.2 Å². The number of nitrogens with zero attached hydrogens (tertiary/aromatic N) is 5. The van der Waals surface area contributed by atoms with Crippen LogP contribution in [0.2, 0.25) is 0 Å². The molecule has 0 spiro atoms. The average molecular weight is 959 g/mol. The molecule has 3 atom stereocenters. The molecule has 2 aromatic heterocycles. The van der Waals surface area contributed by atoms with Crippen molar-refractivity contribution in [1.29, 1.82) is 0 Å². The first-order valence-electron chi connectivity index (χ1n) is 25.3. The number of esters is 2. The molecule has 14 nitrogen and oxygen atoms in total. The number of rotatable bonds is 14. The first-order chi connectivity index (χ1) is 33.0. The van der Waals surface area contributed by atoms with Crippen molar-refractivity contribution in [3.63, 3.8) is 0 Å². The van der Waals surface area contributed by atoms with E-state index in [1.54, 1.807) is 7.11 Å². The van der Waals surface area contributed by atoms with Gasteiger partial charge in [0.05, 0.1) is 36.6 Å². The fourth-order valence-electron chi connectivity index (χ4n) is 13.6. The van der Waals surface area contributed by atoms with E-state index in [2.05, 4.69) is 46.6 Å². The van der Waals surface area contributed by atoms with E-state index in [9.17, 15) is 14.4 Å². The summed E-state index contributed by atoms with van der Waals surface area (Å²) in [6.07, 6.45) is 9.48. The number of nitrogens with one attached hydrogen (secondary N) is 1. The van der Waals surface area contributed by atoms with Gasteiger partial charge < -0.3 is 38.8 Å². The number of carbonyl (C=O) groups excluding carboxylic acids is 3. The summed E-state index contributed by atoms with van der Waals surface area (Å²) >= 11 is 0. The van der Waals surface area contributed by atoms with Crippen LogP contribution in [0.4, 0.5) is 16.3 Å². The molecule has 2 aliphatic heterocycles. The van der Waals surface area contributed by atoms with Crippen LogP contribution in [0.15, 0.2) is 60.8 Å². The molecule has 3 unspecified atom stereocenters. The van der Waals surface area contributed by atoms with Crippen LogP contribution in [0.25, 0.3) is 11.1 Å². The summed E-state index contributed by atoms with van der Waals surface area (Å²) in [5.41, 5.74) is 5.82. The van der Waals surface area contributed by atoms with E-state index in [1.807, 2.05) is 96.3 Å². The number of fused-ring (bicyclic) bond motifs is 1. The van der Waals surface area contributed by atoms with Gasteiger partial charge in [0.2, 0.25) is 0 Å². The highest BCUT2D eigenvalue weighted by Gasteiger charge is 2.66. The molecule has 1 N–H and O–H groups in total. The number of carbonyl (C=O) groups is 3. The van der Waals surface area contributed by atoms with E-state index in [0.717, 1.165) is 78.7 Å². The second-order valence-corrected chi connectivity index (χ2v) is 24.0. The molecule has 5 fully saturated rings. The maximum absolute atomic E-state index is 14.3. The number of amides is 1. The fraction of sp³-hybridized carbons (Fsp3) is 0.589. The molecular weight excluding hydrogens is 885 g/mol. The molecule has 0 radical (unpaired) electrons. The van der Waals surface area contributed by atoms with Crippen LogP contribution >= 0.6 is 0 Å². The zero-order valence-electron chi connectivity index (χ0n) is 43.2. The van der Waals surface area contributed by atoms with E-state index in [1.165, 1.54) is 6.42 Å². The molecule has 14 heteroatoms. The quantitative estimate of drug-likeness (QED) is 0.0729. The van der Waals surface area contributed by atoms with Crippen molar-refractivity contribution < 1.29 is 38.1 Å². The number of anilines is 2. The largest absolute Gasteiger partial charge is 0.457 e. The Kier molecular flexibility index (Phi) is 13.2. The zero-order chi connectivity index (χ0) is 49.9. The molecule has 4 saturated carbocycles. The van der Waals surface area contributed by atoms with Crippen LogP contribution in [-0.2, 0) is 49.8 Å². The minimum Gasteiger partial charge on any atom is -0.457 e. The Bertz CT molecular complexity index is 2600. The molecule has 4 heterocycles. The van der Waals surface area contributed by atoms with Crippen molar-refractivity contribution in [2.45, 2.75) is 156 Å². The molecule has 4 aliphatic carbocycles. The number of methoxy groups -OCH3 is 1. The van der Waals surface area contributed by atoms with Crippen molar-refractivity contribution in [2.24, 2.45) is 16.2 Å². The second kappa shape index (κ2) is 18.6. The third-order valence-electron chi connectivity index (χ3n) is 15.1. The van der Waals surface area contributed by atoms with Crippen molar-refractivity contribution >= 4 is 29.5 Å². The molecule has 4 bridgehead atoms. The lowest BCUT2D eigenvalue weighted by molar-refractivity contribution is -0.250. The molecular formula is C56H74N6O8. The fourth-order valence-corrected chi connectivity index (χ4v) is 13.6. The third-order valence-corrected chi connectivity index (χ3v) is 15.1. The Balaban J connectivity index is 1.00. The Morgan fingerprint density at radius 2 is 1.54 bits per heavy atom. The van der Waals surface area contributed by atoms with Gasteiger partial charge in [-0.2, -0.15) is 5.10 Å². The topological polar surface area (TPSA) is 147 Å². The average Bonchev–Trinajstić information content (AvgIpc) is 3.88. The molecule has 70 heavy (non-hydrogen) atoms. The minimum absolute atomic E-state index is 0.0312. The molecule has 2 aromatic carbocycles. The maximum atomic E-state index is 14.3. The normalized spacial score (nSPS) is 26.0. The van der Waals surface area contributed by atoms with Crippen LogP contribution < -0.4 is 15.1 Å². The van der Waals surface area contributed by atoms with Gasteiger partial charge in [0.1, 0.15) is 23.6 Å². The number of hydrogen-bond donors (Lipinski definition) is 1. The van der Waals surface area contributed by atoms with Crippen molar-refractivity contribution in [2.75, 3.05) is 49.8 Å². The highest BCUT2D eigenvalue weighted by atomic mass is 16.6. The van der Waals surface area contributed by atoms with Gasteiger partial charge in [-0.3, -0.25) is 4.68 Å². The first-order valence-corrected chi connectivity index (χ1v) is 25.3. The SMILES string of the molecule is COCCOC12CC3(C)CC(C)(CC(Cn4ncc(-c5ccc(N6CCc7cc(N8CCC(NC(=O)OC(C)(C)C)C8)cc(C(=O)OCc8ccccc8)c7C6)nc5C(=O)OC(C)(C)C)c4C)(C3)C1)C2. The monoisotopic (exact) mass is 959 g/mol. The second-order valence-electron chi connectivity index (χ2n) is 24.0.